The summed E-state index contributed by atoms with van der Waals surface area (Å²) in [6, 6.07) is 13.9. The molecule has 2 heterocycles. The summed E-state index contributed by atoms with van der Waals surface area (Å²) in [6.45, 7) is 2.96. The number of piperidine rings is 1. The monoisotopic (exact) mass is 344 g/mol. The molecule has 4 nitrogen and oxygen atoms in total. The molecule has 0 unspecified atom stereocenters. The van der Waals surface area contributed by atoms with Gasteiger partial charge in [0.05, 0.1) is 10.6 Å². The number of rotatable bonds is 5. The number of sulfone groups is 1. The zero-order valence-corrected chi connectivity index (χ0v) is 14.9. The molecule has 1 fully saturated rings. The van der Waals surface area contributed by atoms with Gasteiger partial charge in [0.25, 0.3) is 0 Å². The second-order valence-electron chi connectivity index (χ2n) is 6.53. The van der Waals surface area contributed by atoms with Crippen LogP contribution in [0.15, 0.2) is 53.6 Å². The van der Waals surface area contributed by atoms with E-state index in [0.29, 0.717) is 4.90 Å². The first kappa shape index (κ1) is 17.1. The van der Waals surface area contributed by atoms with Crippen molar-refractivity contribution in [3.05, 3.63) is 59.9 Å². The number of benzene rings is 1. The second kappa shape index (κ2) is 7.45. The number of hydrogen-bond acceptors (Lipinski definition) is 4. The average Bonchev–Trinajstić information content (AvgIpc) is 2.60. The first-order valence-corrected chi connectivity index (χ1v) is 10.3. The van der Waals surface area contributed by atoms with E-state index in [2.05, 4.69) is 34.1 Å². The van der Waals surface area contributed by atoms with Crippen molar-refractivity contribution in [1.82, 2.24) is 9.88 Å². The van der Waals surface area contributed by atoms with Crippen molar-refractivity contribution in [3.8, 4) is 0 Å². The van der Waals surface area contributed by atoms with Crippen molar-refractivity contribution >= 4 is 9.84 Å². The molecule has 24 heavy (non-hydrogen) atoms. The van der Waals surface area contributed by atoms with E-state index in [4.69, 9.17) is 0 Å². The first-order valence-electron chi connectivity index (χ1n) is 8.45. The highest BCUT2D eigenvalue weighted by Gasteiger charge is 2.26. The molecule has 0 saturated carbocycles. The predicted molar refractivity (Wildman–Crippen MR) is 95.9 cm³/mol. The minimum Gasteiger partial charge on any atom is -0.302 e. The Morgan fingerprint density at radius 2 is 1.96 bits per heavy atom. The Bertz CT molecular complexity index is 775. The topological polar surface area (TPSA) is 50.3 Å². The van der Waals surface area contributed by atoms with Gasteiger partial charge in [-0.3, -0.25) is 4.98 Å². The summed E-state index contributed by atoms with van der Waals surface area (Å²) in [5.41, 5.74) is 2.08. The summed E-state index contributed by atoms with van der Waals surface area (Å²) in [4.78, 5) is 7.24. The van der Waals surface area contributed by atoms with Gasteiger partial charge in [0.1, 0.15) is 0 Å². The van der Waals surface area contributed by atoms with E-state index >= 15 is 0 Å². The maximum atomic E-state index is 12.0. The van der Waals surface area contributed by atoms with Gasteiger partial charge < -0.3 is 4.90 Å². The Kier molecular flexibility index (Phi) is 5.31. The first-order chi connectivity index (χ1) is 11.5. The van der Waals surface area contributed by atoms with E-state index in [0.717, 1.165) is 44.6 Å². The number of aromatic nitrogens is 1. The zero-order chi connectivity index (χ0) is 17.0. The molecule has 1 aromatic carbocycles. The van der Waals surface area contributed by atoms with Gasteiger partial charge in [0.15, 0.2) is 9.84 Å². The lowest BCUT2D eigenvalue weighted by molar-refractivity contribution is 0.207. The molecule has 3 rings (SSSR count). The smallest absolute Gasteiger partial charge is 0.177 e. The van der Waals surface area contributed by atoms with E-state index < -0.39 is 9.84 Å². The summed E-state index contributed by atoms with van der Waals surface area (Å²) in [7, 11) is -3.24. The van der Waals surface area contributed by atoms with Crippen molar-refractivity contribution < 1.29 is 8.42 Å². The van der Waals surface area contributed by atoms with Gasteiger partial charge in [0, 0.05) is 31.5 Å². The fraction of sp³-hybridized carbons (Fsp3) is 0.421. The second-order valence-corrected chi connectivity index (χ2v) is 8.52. The summed E-state index contributed by atoms with van der Waals surface area (Å²) in [5, 5.41) is 0. The maximum absolute atomic E-state index is 12.0. The van der Waals surface area contributed by atoms with Crippen molar-refractivity contribution in [2.45, 2.75) is 30.1 Å². The Hall–Kier alpha value is -1.72. The molecule has 2 aromatic rings. The quantitative estimate of drug-likeness (QED) is 0.837. The van der Waals surface area contributed by atoms with Crippen LogP contribution >= 0.6 is 0 Å². The van der Waals surface area contributed by atoms with Crippen LogP contribution in [0, 0.1) is 0 Å². The molecular formula is C19H24N2O2S. The lowest BCUT2D eigenvalue weighted by Crippen LogP contribution is -2.36. The van der Waals surface area contributed by atoms with Crippen LogP contribution in [0.1, 0.15) is 30.0 Å². The van der Waals surface area contributed by atoms with Crippen LogP contribution in [0.3, 0.4) is 0 Å². The Labute approximate surface area is 144 Å². The van der Waals surface area contributed by atoms with Crippen LogP contribution in [0.4, 0.5) is 0 Å². The van der Waals surface area contributed by atoms with Crippen LogP contribution < -0.4 is 0 Å². The number of nitrogens with zero attached hydrogens (tertiary/aromatic N) is 2. The lowest BCUT2D eigenvalue weighted by atomic mass is 9.94. The SMILES string of the molecule is CS(=O)(=O)c1cccnc1[C@@H]1CCCN(CCc2ccccc2)C1. The summed E-state index contributed by atoms with van der Waals surface area (Å²) in [6.07, 6.45) is 6.08. The van der Waals surface area contributed by atoms with Gasteiger partial charge in [-0.25, -0.2) is 8.42 Å². The highest BCUT2D eigenvalue weighted by Crippen LogP contribution is 2.29. The molecule has 1 aromatic heterocycles. The molecule has 128 valence electrons. The van der Waals surface area contributed by atoms with Crippen LogP contribution in [0.25, 0.3) is 0 Å². The van der Waals surface area contributed by atoms with Crippen LogP contribution in [-0.2, 0) is 16.3 Å². The summed E-state index contributed by atoms with van der Waals surface area (Å²) < 4.78 is 24.1. The third-order valence-electron chi connectivity index (χ3n) is 4.65. The number of likely N-dealkylation sites (tertiary alicyclic amines) is 1. The minimum absolute atomic E-state index is 0.195. The molecule has 5 heteroatoms. The minimum atomic E-state index is -3.24. The molecule has 0 amide bonds. The van der Waals surface area contributed by atoms with Gasteiger partial charge in [-0.2, -0.15) is 0 Å². The maximum Gasteiger partial charge on any atom is 0.177 e. The fourth-order valence-electron chi connectivity index (χ4n) is 3.44. The van der Waals surface area contributed by atoms with E-state index in [1.54, 1.807) is 18.3 Å². The normalized spacial score (nSPS) is 19.3. The van der Waals surface area contributed by atoms with Crippen LogP contribution in [0.5, 0.6) is 0 Å². The Morgan fingerprint density at radius 1 is 1.17 bits per heavy atom. The van der Waals surface area contributed by atoms with E-state index in [9.17, 15) is 8.42 Å². The zero-order valence-electron chi connectivity index (χ0n) is 14.1. The number of pyridine rings is 1. The molecule has 1 atom stereocenters. The average molecular weight is 344 g/mol. The van der Waals surface area contributed by atoms with Crippen molar-refractivity contribution in [2.75, 3.05) is 25.9 Å². The molecule has 0 N–H and O–H groups in total. The van der Waals surface area contributed by atoms with E-state index in [1.165, 1.54) is 11.8 Å². The molecule has 0 spiro atoms. The molecular weight excluding hydrogens is 320 g/mol. The number of hydrogen-bond donors (Lipinski definition) is 0. The van der Waals surface area contributed by atoms with E-state index in [1.807, 2.05) is 6.07 Å². The standard InChI is InChI=1S/C19H24N2O2S/c1-24(22,23)18-10-5-12-20-19(18)17-9-6-13-21(15-17)14-11-16-7-3-2-4-8-16/h2-5,7-8,10,12,17H,6,9,11,13-15H2,1H3/t17-/m1/s1. The Balaban J connectivity index is 1.70. The predicted octanol–water partition coefficient (Wildman–Crippen LogP) is 2.91. The van der Waals surface area contributed by atoms with E-state index in [-0.39, 0.29) is 5.92 Å². The summed E-state index contributed by atoms with van der Waals surface area (Å²) in [5.74, 6) is 0.195. The lowest BCUT2D eigenvalue weighted by Gasteiger charge is -2.33. The highest BCUT2D eigenvalue weighted by molar-refractivity contribution is 7.90. The molecule has 0 aliphatic carbocycles. The summed E-state index contributed by atoms with van der Waals surface area (Å²) >= 11 is 0. The van der Waals surface area contributed by atoms with Gasteiger partial charge >= 0.3 is 0 Å². The Morgan fingerprint density at radius 3 is 2.71 bits per heavy atom. The van der Waals surface area contributed by atoms with Crippen LogP contribution in [-0.4, -0.2) is 44.2 Å². The molecule has 1 saturated heterocycles. The van der Waals surface area contributed by atoms with Crippen LogP contribution in [0.2, 0.25) is 0 Å². The van der Waals surface area contributed by atoms with Crippen molar-refractivity contribution in [1.29, 1.82) is 0 Å². The van der Waals surface area contributed by atoms with Gasteiger partial charge in [-0.15, -0.1) is 0 Å². The third-order valence-corrected chi connectivity index (χ3v) is 5.80. The molecule has 0 bridgehead atoms. The largest absolute Gasteiger partial charge is 0.302 e. The van der Waals surface area contributed by atoms with Crippen molar-refractivity contribution in [3.63, 3.8) is 0 Å². The highest BCUT2D eigenvalue weighted by atomic mass is 32.2. The molecule has 1 aliphatic rings. The van der Waals surface area contributed by atoms with Gasteiger partial charge in [-0.05, 0) is 43.5 Å². The molecule has 1 aliphatic heterocycles. The van der Waals surface area contributed by atoms with Gasteiger partial charge in [0.2, 0.25) is 0 Å². The fourth-order valence-corrected chi connectivity index (χ4v) is 4.36. The van der Waals surface area contributed by atoms with Gasteiger partial charge in [-0.1, -0.05) is 30.3 Å². The third kappa shape index (κ3) is 4.22. The van der Waals surface area contributed by atoms with Crippen molar-refractivity contribution in [2.24, 2.45) is 0 Å². The molecule has 0 radical (unpaired) electrons.